The lowest BCUT2D eigenvalue weighted by atomic mass is 10.1. The summed E-state index contributed by atoms with van der Waals surface area (Å²) in [6, 6.07) is 5.09. The third-order valence-corrected chi connectivity index (χ3v) is 5.87. The summed E-state index contributed by atoms with van der Waals surface area (Å²) < 4.78 is 53.2. The van der Waals surface area contributed by atoms with Crippen LogP contribution < -0.4 is 5.32 Å². The van der Waals surface area contributed by atoms with Crippen LogP contribution in [0, 0.1) is 0 Å². The van der Waals surface area contributed by atoms with Crippen LogP contribution in [0.25, 0.3) is 11.4 Å². The molecule has 14 heteroatoms. The van der Waals surface area contributed by atoms with E-state index in [0.717, 1.165) is 0 Å². The highest BCUT2D eigenvalue weighted by Crippen LogP contribution is 2.29. The summed E-state index contributed by atoms with van der Waals surface area (Å²) in [6.07, 6.45) is -4.53. The SMILES string of the molecule is O=C(NC[C@H]1COCCN1C(=O)N1CCCOC(CO)C1)c1ccc(-c2noc(C(F)(F)F)n2)cc1. The first-order valence-electron chi connectivity index (χ1n) is 11.4. The molecule has 0 radical (unpaired) electrons. The van der Waals surface area contributed by atoms with Crippen molar-refractivity contribution in [2.24, 2.45) is 0 Å². The largest absolute Gasteiger partial charge is 0.471 e. The molecule has 36 heavy (non-hydrogen) atoms. The Labute approximate surface area is 204 Å². The minimum absolute atomic E-state index is 0.139. The lowest BCUT2D eigenvalue weighted by Crippen LogP contribution is -2.57. The van der Waals surface area contributed by atoms with Gasteiger partial charge in [-0.1, -0.05) is 17.3 Å². The van der Waals surface area contributed by atoms with Gasteiger partial charge in [0.25, 0.3) is 5.91 Å². The summed E-state index contributed by atoms with van der Waals surface area (Å²) in [7, 11) is 0. The van der Waals surface area contributed by atoms with Crippen molar-refractivity contribution in [3.05, 3.63) is 35.7 Å². The topological polar surface area (TPSA) is 130 Å². The van der Waals surface area contributed by atoms with Gasteiger partial charge in [0.15, 0.2) is 0 Å². The number of ether oxygens (including phenoxy) is 2. The van der Waals surface area contributed by atoms with Gasteiger partial charge < -0.3 is 34.2 Å². The number of halogens is 3. The lowest BCUT2D eigenvalue weighted by Gasteiger charge is -2.39. The molecule has 0 spiro atoms. The van der Waals surface area contributed by atoms with Gasteiger partial charge in [-0.2, -0.15) is 18.2 Å². The number of rotatable bonds is 5. The molecule has 2 aliphatic heterocycles. The Hall–Kier alpha value is -3.23. The van der Waals surface area contributed by atoms with Gasteiger partial charge in [-0.05, 0) is 18.6 Å². The Balaban J connectivity index is 1.36. The molecule has 2 N–H and O–H groups in total. The van der Waals surface area contributed by atoms with Crippen LogP contribution in [0.15, 0.2) is 28.8 Å². The highest BCUT2D eigenvalue weighted by Gasteiger charge is 2.38. The van der Waals surface area contributed by atoms with Crippen LogP contribution in [0.2, 0.25) is 0 Å². The van der Waals surface area contributed by atoms with Crippen LogP contribution in [-0.4, -0.2) is 102 Å². The standard InChI is InChI=1S/C22H26F3N5O6/c23-22(24,25)20-27-18(28-36-20)14-2-4-15(5-3-14)19(32)26-10-16-13-34-9-7-30(16)21(33)29-6-1-8-35-17(11-29)12-31/h2-5,16-17,31H,1,6-13H2,(H,26,32)/t16-,17?/m0/s1. The number of nitrogens with one attached hydrogen (secondary N) is 1. The first kappa shape index (κ1) is 25.9. The summed E-state index contributed by atoms with van der Waals surface area (Å²) >= 11 is 0. The van der Waals surface area contributed by atoms with Crippen molar-refractivity contribution in [1.29, 1.82) is 0 Å². The van der Waals surface area contributed by atoms with Crippen LogP contribution in [-0.2, 0) is 15.7 Å². The minimum atomic E-state index is -4.75. The second kappa shape index (κ2) is 11.2. The van der Waals surface area contributed by atoms with Gasteiger partial charge >= 0.3 is 18.1 Å². The first-order chi connectivity index (χ1) is 17.3. The molecular formula is C22H26F3N5O6. The van der Waals surface area contributed by atoms with Crippen molar-refractivity contribution in [1.82, 2.24) is 25.3 Å². The highest BCUT2D eigenvalue weighted by molar-refractivity contribution is 5.94. The van der Waals surface area contributed by atoms with Gasteiger partial charge in [0.05, 0.1) is 38.5 Å². The molecule has 2 aliphatic rings. The summed E-state index contributed by atoms with van der Waals surface area (Å²) in [6.45, 7) is 2.19. The Bertz CT molecular complexity index is 1050. The van der Waals surface area contributed by atoms with Crippen LogP contribution >= 0.6 is 0 Å². The van der Waals surface area contributed by atoms with E-state index >= 15 is 0 Å². The zero-order chi connectivity index (χ0) is 25.7. The van der Waals surface area contributed by atoms with Crippen LogP contribution in [0.3, 0.4) is 0 Å². The van der Waals surface area contributed by atoms with Crippen molar-refractivity contribution in [3.8, 4) is 11.4 Å². The molecule has 2 saturated heterocycles. The van der Waals surface area contributed by atoms with E-state index in [0.29, 0.717) is 32.7 Å². The quantitative estimate of drug-likeness (QED) is 0.614. The fourth-order valence-electron chi connectivity index (χ4n) is 3.98. The van der Waals surface area contributed by atoms with E-state index < -0.39 is 30.1 Å². The number of aromatic nitrogens is 2. The van der Waals surface area contributed by atoms with Crippen molar-refractivity contribution >= 4 is 11.9 Å². The van der Waals surface area contributed by atoms with Gasteiger partial charge in [-0.25, -0.2) is 4.79 Å². The molecule has 0 aliphatic carbocycles. The number of carbonyl (C=O) groups is 2. The number of morpholine rings is 1. The number of alkyl halides is 3. The van der Waals surface area contributed by atoms with Gasteiger partial charge in [0.1, 0.15) is 0 Å². The lowest BCUT2D eigenvalue weighted by molar-refractivity contribution is -0.159. The van der Waals surface area contributed by atoms with E-state index in [2.05, 4.69) is 20.0 Å². The molecule has 196 valence electrons. The number of aliphatic hydroxyl groups excluding tert-OH is 1. The Morgan fingerprint density at radius 1 is 1.17 bits per heavy atom. The minimum Gasteiger partial charge on any atom is -0.394 e. The maximum Gasteiger partial charge on any atom is 0.471 e. The van der Waals surface area contributed by atoms with Gasteiger partial charge in [0.2, 0.25) is 5.82 Å². The summed E-state index contributed by atoms with van der Waals surface area (Å²) in [4.78, 5) is 32.5. The molecule has 3 amide bonds. The maximum atomic E-state index is 13.2. The summed E-state index contributed by atoms with van der Waals surface area (Å²) in [5, 5.41) is 15.5. The molecule has 2 atom stereocenters. The van der Waals surface area contributed by atoms with Gasteiger partial charge in [0, 0.05) is 37.4 Å². The molecule has 2 fully saturated rings. The van der Waals surface area contributed by atoms with E-state index in [4.69, 9.17) is 9.47 Å². The zero-order valence-electron chi connectivity index (χ0n) is 19.2. The van der Waals surface area contributed by atoms with E-state index in [1.54, 1.807) is 9.80 Å². The molecule has 1 aromatic carbocycles. The summed E-state index contributed by atoms with van der Waals surface area (Å²) in [5.74, 6) is -2.12. The van der Waals surface area contributed by atoms with Crippen molar-refractivity contribution in [2.45, 2.75) is 24.7 Å². The van der Waals surface area contributed by atoms with E-state index in [1.807, 2.05) is 0 Å². The normalized spacial score (nSPS) is 21.2. The Morgan fingerprint density at radius 2 is 1.94 bits per heavy atom. The summed E-state index contributed by atoms with van der Waals surface area (Å²) in [5.41, 5.74) is 0.522. The zero-order valence-corrected chi connectivity index (χ0v) is 19.2. The van der Waals surface area contributed by atoms with Crippen LogP contribution in [0.5, 0.6) is 0 Å². The molecule has 4 rings (SSSR count). The number of carbonyl (C=O) groups excluding carboxylic acids is 2. The average Bonchev–Trinajstić information content (AvgIpc) is 3.27. The predicted molar refractivity (Wildman–Crippen MR) is 117 cm³/mol. The number of hydrogen-bond donors (Lipinski definition) is 2. The first-order valence-corrected chi connectivity index (χ1v) is 11.4. The Morgan fingerprint density at radius 3 is 2.64 bits per heavy atom. The fourth-order valence-corrected chi connectivity index (χ4v) is 3.98. The molecule has 2 aromatic rings. The average molecular weight is 513 g/mol. The van der Waals surface area contributed by atoms with Crippen molar-refractivity contribution < 1.29 is 41.9 Å². The van der Waals surface area contributed by atoms with Gasteiger partial charge in [-0.3, -0.25) is 4.79 Å². The predicted octanol–water partition coefficient (Wildman–Crippen LogP) is 1.39. The fraction of sp³-hybridized carbons (Fsp3) is 0.545. The number of urea groups is 1. The van der Waals surface area contributed by atoms with Crippen molar-refractivity contribution in [3.63, 3.8) is 0 Å². The monoisotopic (exact) mass is 513 g/mol. The van der Waals surface area contributed by atoms with Gasteiger partial charge in [-0.15, -0.1) is 0 Å². The smallest absolute Gasteiger partial charge is 0.394 e. The molecule has 1 aromatic heterocycles. The third kappa shape index (κ3) is 6.12. The number of benzene rings is 1. The van der Waals surface area contributed by atoms with E-state index in [1.165, 1.54) is 24.3 Å². The number of hydrogen-bond acceptors (Lipinski definition) is 8. The van der Waals surface area contributed by atoms with Crippen LogP contribution in [0.1, 0.15) is 22.7 Å². The number of nitrogens with zero attached hydrogens (tertiary/aromatic N) is 4. The van der Waals surface area contributed by atoms with E-state index in [-0.39, 0.29) is 49.3 Å². The van der Waals surface area contributed by atoms with Crippen molar-refractivity contribution in [2.75, 3.05) is 52.6 Å². The maximum absolute atomic E-state index is 13.2. The van der Waals surface area contributed by atoms with E-state index in [9.17, 15) is 27.9 Å². The highest BCUT2D eigenvalue weighted by atomic mass is 19.4. The molecule has 1 unspecified atom stereocenters. The molecule has 0 bridgehead atoms. The third-order valence-electron chi connectivity index (χ3n) is 5.87. The molecular weight excluding hydrogens is 487 g/mol. The second-order valence-corrected chi connectivity index (χ2v) is 8.39. The molecule has 3 heterocycles. The molecule has 11 nitrogen and oxygen atoms in total. The second-order valence-electron chi connectivity index (χ2n) is 8.39. The number of aliphatic hydroxyl groups is 1. The molecule has 0 saturated carbocycles. The number of amides is 3. The van der Waals surface area contributed by atoms with Crippen LogP contribution in [0.4, 0.5) is 18.0 Å². The Kier molecular flexibility index (Phi) is 8.06.